The van der Waals surface area contributed by atoms with Crippen LogP contribution in [0.3, 0.4) is 0 Å². The van der Waals surface area contributed by atoms with Gasteiger partial charge in [0.15, 0.2) is 8.32 Å². The second-order valence-electron chi connectivity index (χ2n) is 10.1. The van der Waals surface area contributed by atoms with Crippen LogP contribution in [0.1, 0.15) is 53.9 Å². The molecule has 0 bridgehead atoms. The first-order valence-corrected chi connectivity index (χ1v) is 14.5. The average Bonchev–Trinajstić information content (AvgIpc) is 2.70. The third-order valence-electron chi connectivity index (χ3n) is 6.39. The molecule has 1 saturated heterocycles. The highest BCUT2D eigenvalue weighted by molar-refractivity contribution is 6.74. The third kappa shape index (κ3) is 9.43. The van der Waals surface area contributed by atoms with Gasteiger partial charge in [-0.05, 0) is 44.3 Å². The van der Waals surface area contributed by atoms with Gasteiger partial charge in [0.2, 0.25) is 0 Å². The van der Waals surface area contributed by atoms with Gasteiger partial charge in [0.1, 0.15) is 0 Å². The van der Waals surface area contributed by atoms with E-state index in [1.54, 1.807) is 6.08 Å². The minimum absolute atomic E-state index is 0.00379. The van der Waals surface area contributed by atoms with Crippen molar-refractivity contribution in [3.05, 3.63) is 60.8 Å². The quantitative estimate of drug-likeness (QED) is 0.117. The molecule has 0 saturated carbocycles. The highest BCUT2D eigenvalue weighted by atomic mass is 28.4. The zero-order chi connectivity index (χ0) is 24.4. The number of allylic oxidation sites excluding steroid dienone is 6. The van der Waals surface area contributed by atoms with Crippen LogP contribution in [0.4, 0.5) is 0 Å². The zero-order valence-corrected chi connectivity index (χ0v) is 22.4. The van der Waals surface area contributed by atoms with Crippen LogP contribution in [0.2, 0.25) is 18.1 Å². The maximum Gasteiger partial charge on any atom is 0.330 e. The van der Waals surface area contributed by atoms with E-state index >= 15 is 0 Å². The topological polar surface area (TPSA) is 44.8 Å². The van der Waals surface area contributed by atoms with Crippen molar-refractivity contribution in [3.63, 3.8) is 0 Å². The summed E-state index contributed by atoms with van der Waals surface area (Å²) in [7, 11) is -0.529. The van der Waals surface area contributed by atoms with Crippen LogP contribution in [0.5, 0.6) is 0 Å². The SMILES string of the molecule is C=CC/C=C/C(C)=C\[C@@H]1O[C@H](C/C=C/C=C/C(=O)OC)C[C@@H](O[Si](C)(C)C(C)(C)C)[C@@H]1C. The molecule has 1 rings (SSSR count). The van der Waals surface area contributed by atoms with E-state index in [9.17, 15) is 4.79 Å². The lowest BCUT2D eigenvalue weighted by Crippen LogP contribution is -2.51. The summed E-state index contributed by atoms with van der Waals surface area (Å²) in [4.78, 5) is 11.2. The molecule has 0 unspecified atom stereocenters. The molecule has 1 heterocycles. The number of methoxy groups -OCH3 is 1. The third-order valence-corrected chi connectivity index (χ3v) is 10.9. The second kappa shape index (κ2) is 13.1. The molecule has 0 amide bonds. The van der Waals surface area contributed by atoms with Crippen molar-refractivity contribution >= 4 is 14.3 Å². The molecule has 0 aliphatic carbocycles. The Balaban J connectivity index is 3.02. The molecular formula is C27H44O4Si. The molecule has 4 nitrogen and oxygen atoms in total. The van der Waals surface area contributed by atoms with Crippen LogP contribution >= 0.6 is 0 Å². The van der Waals surface area contributed by atoms with E-state index < -0.39 is 8.32 Å². The number of hydrogen-bond donors (Lipinski definition) is 0. The van der Waals surface area contributed by atoms with E-state index in [0.717, 1.165) is 19.3 Å². The second-order valence-corrected chi connectivity index (χ2v) is 14.9. The Morgan fingerprint density at radius 1 is 1.19 bits per heavy atom. The predicted molar refractivity (Wildman–Crippen MR) is 137 cm³/mol. The monoisotopic (exact) mass is 460 g/mol. The predicted octanol–water partition coefficient (Wildman–Crippen LogP) is 6.92. The zero-order valence-electron chi connectivity index (χ0n) is 21.4. The number of rotatable bonds is 10. The first kappa shape index (κ1) is 28.3. The van der Waals surface area contributed by atoms with Crippen molar-refractivity contribution in [2.75, 3.05) is 7.11 Å². The molecule has 0 aromatic rings. The Kier molecular flexibility index (Phi) is 11.6. The van der Waals surface area contributed by atoms with Crippen molar-refractivity contribution in [2.24, 2.45) is 5.92 Å². The average molecular weight is 461 g/mol. The Hall–Kier alpha value is -1.69. The molecule has 0 radical (unpaired) electrons. The van der Waals surface area contributed by atoms with Crippen molar-refractivity contribution in [3.8, 4) is 0 Å². The highest BCUT2D eigenvalue weighted by Crippen LogP contribution is 2.41. The normalized spacial score (nSPS) is 25.7. The van der Waals surface area contributed by atoms with E-state index in [1.165, 1.54) is 18.8 Å². The highest BCUT2D eigenvalue weighted by Gasteiger charge is 2.43. The minimum Gasteiger partial charge on any atom is -0.466 e. The molecule has 32 heavy (non-hydrogen) atoms. The lowest BCUT2D eigenvalue weighted by molar-refractivity contribution is -0.134. The Morgan fingerprint density at radius 3 is 2.47 bits per heavy atom. The molecule has 180 valence electrons. The first-order valence-electron chi connectivity index (χ1n) is 11.6. The fourth-order valence-electron chi connectivity index (χ4n) is 3.32. The lowest BCUT2D eigenvalue weighted by Gasteiger charge is -2.46. The number of carbonyl (C=O) groups is 1. The van der Waals surface area contributed by atoms with Crippen LogP contribution < -0.4 is 0 Å². The van der Waals surface area contributed by atoms with Crippen molar-refractivity contribution in [2.45, 2.75) is 90.3 Å². The summed E-state index contributed by atoms with van der Waals surface area (Å²) >= 11 is 0. The summed E-state index contributed by atoms with van der Waals surface area (Å²) in [6.07, 6.45) is 18.1. The molecule has 0 spiro atoms. The number of ether oxygens (including phenoxy) is 2. The Morgan fingerprint density at radius 2 is 1.88 bits per heavy atom. The van der Waals surface area contributed by atoms with Gasteiger partial charge in [-0.25, -0.2) is 4.79 Å². The molecule has 1 aliphatic rings. The lowest BCUT2D eigenvalue weighted by atomic mass is 9.88. The number of esters is 1. The van der Waals surface area contributed by atoms with E-state index in [1.807, 2.05) is 18.2 Å². The Labute approximate surface area is 197 Å². The van der Waals surface area contributed by atoms with E-state index in [0.29, 0.717) is 0 Å². The smallest absolute Gasteiger partial charge is 0.330 e. The summed E-state index contributed by atoms with van der Waals surface area (Å²) in [6, 6.07) is 0. The Bertz CT molecular complexity index is 724. The van der Waals surface area contributed by atoms with Crippen LogP contribution in [0.25, 0.3) is 0 Å². The standard InChI is InChI=1S/C27H44O4Si/c1-10-11-13-16-21(2)19-24-22(3)25(31-32(8,9)27(4,5)6)20-23(30-24)17-14-12-15-18-26(28)29-7/h10,12-16,18-19,22-25H,1,11,17,20H2,2-9H3/b14-12+,16-13+,18-15+,21-19-/t22-,23-,24+,25-/m1/s1. The van der Waals surface area contributed by atoms with E-state index in [2.05, 4.69) is 77.3 Å². The summed E-state index contributed by atoms with van der Waals surface area (Å²) in [5, 5.41) is 0.160. The van der Waals surface area contributed by atoms with Gasteiger partial charge in [0, 0.05) is 12.0 Å². The molecule has 5 heteroatoms. The van der Waals surface area contributed by atoms with Gasteiger partial charge >= 0.3 is 5.97 Å². The van der Waals surface area contributed by atoms with Crippen molar-refractivity contribution < 1.29 is 18.7 Å². The maximum absolute atomic E-state index is 11.2. The van der Waals surface area contributed by atoms with Crippen LogP contribution in [-0.2, 0) is 18.7 Å². The molecule has 0 N–H and O–H groups in total. The molecule has 4 atom stereocenters. The summed E-state index contributed by atoms with van der Waals surface area (Å²) in [5.41, 5.74) is 1.19. The van der Waals surface area contributed by atoms with E-state index in [4.69, 9.17) is 9.16 Å². The van der Waals surface area contributed by atoms with Crippen molar-refractivity contribution in [1.82, 2.24) is 0 Å². The molecule has 0 aromatic heterocycles. The van der Waals surface area contributed by atoms with Gasteiger partial charge in [0.05, 0.1) is 25.4 Å². The molecule has 1 aliphatic heterocycles. The van der Waals surface area contributed by atoms with Gasteiger partial charge in [-0.2, -0.15) is 0 Å². The van der Waals surface area contributed by atoms with Gasteiger partial charge in [-0.1, -0.05) is 75.8 Å². The van der Waals surface area contributed by atoms with Gasteiger partial charge in [0.25, 0.3) is 0 Å². The molecule has 0 aromatic carbocycles. The number of hydrogen-bond acceptors (Lipinski definition) is 4. The number of carbonyl (C=O) groups excluding carboxylic acids is 1. The summed E-state index contributed by atoms with van der Waals surface area (Å²) < 4.78 is 18.0. The van der Waals surface area contributed by atoms with Crippen LogP contribution in [-0.4, -0.2) is 39.7 Å². The fraction of sp³-hybridized carbons (Fsp3) is 0.593. The van der Waals surface area contributed by atoms with Crippen molar-refractivity contribution in [1.29, 1.82) is 0 Å². The van der Waals surface area contributed by atoms with Gasteiger partial charge in [-0.3, -0.25) is 0 Å². The summed E-state index contributed by atoms with van der Waals surface area (Å²) in [6.45, 7) is 19.6. The van der Waals surface area contributed by atoms with E-state index in [-0.39, 0.29) is 35.2 Å². The summed E-state index contributed by atoms with van der Waals surface area (Å²) in [5.74, 6) is -0.0864. The van der Waals surface area contributed by atoms with Gasteiger partial charge < -0.3 is 13.9 Å². The largest absolute Gasteiger partial charge is 0.466 e. The molecular weight excluding hydrogens is 416 g/mol. The van der Waals surface area contributed by atoms with Gasteiger partial charge in [-0.15, -0.1) is 6.58 Å². The van der Waals surface area contributed by atoms with Crippen LogP contribution in [0, 0.1) is 5.92 Å². The fourth-order valence-corrected chi connectivity index (χ4v) is 4.74. The maximum atomic E-state index is 11.2. The first-order chi connectivity index (χ1) is 14.9. The minimum atomic E-state index is -1.90. The van der Waals surface area contributed by atoms with Crippen LogP contribution in [0.15, 0.2) is 60.8 Å². The molecule has 1 fully saturated rings.